The minimum absolute atomic E-state index is 0.259. The van der Waals surface area contributed by atoms with Gasteiger partial charge in [-0.2, -0.15) is 5.26 Å². The number of halogens is 1. The minimum Gasteiger partial charge on any atom is -0.496 e. The van der Waals surface area contributed by atoms with Gasteiger partial charge in [0.05, 0.1) is 18.7 Å². The summed E-state index contributed by atoms with van der Waals surface area (Å²) >= 11 is 3.34. The van der Waals surface area contributed by atoms with E-state index in [1.54, 1.807) is 18.2 Å². The van der Waals surface area contributed by atoms with Gasteiger partial charge in [0, 0.05) is 4.47 Å². The molecule has 0 radical (unpaired) electrons. The number of Topliss-reactive ketones (excluding diaryl/α,β-unsaturated/α-hetero) is 1. The van der Waals surface area contributed by atoms with Crippen LogP contribution in [0.5, 0.6) is 5.75 Å². The number of benzene rings is 2. The fraction of sp³-hybridized carbons (Fsp3) is 0.176. The quantitative estimate of drug-likeness (QED) is 0.779. The van der Waals surface area contributed by atoms with Gasteiger partial charge in [-0.1, -0.05) is 45.8 Å². The molecule has 0 aliphatic heterocycles. The molecule has 2 aromatic carbocycles. The van der Waals surface area contributed by atoms with Crippen LogP contribution in [0.25, 0.3) is 0 Å². The van der Waals surface area contributed by atoms with Gasteiger partial charge in [-0.25, -0.2) is 0 Å². The Hall–Kier alpha value is -2.12. The summed E-state index contributed by atoms with van der Waals surface area (Å²) in [6, 6.07) is 14.7. The molecule has 2 rings (SSSR count). The number of hydrogen-bond acceptors (Lipinski definition) is 3. The predicted molar refractivity (Wildman–Crippen MR) is 84.6 cm³/mol. The van der Waals surface area contributed by atoms with Crippen LogP contribution in [-0.2, 0) is 0 Å². The molecule has 106 valence electrons. The third-order valence-corrected chi connectivity index (χ3v) is 3.72. The molecule has 0 spiro atoms. The molecule has 2 aromatic rings. The summed E-state index contributed by atoms with van der Waals surface area (Å²) in [6.45, 7) is 1.96. The summed E-state index contributed by atoms with van der Waals surface area (Å²) in [5, 5.41) is 9.38. The molecule has 1 unspecified atom stereocenters. The highest BCUT2D eigenvalue weighted by Gasteiger charge is 2.24. The highest BCUT2D eigenvalue weighted by Crippen LogP contribution is 2.29. The zero-order valence-electron chi connectivity index (χ0n) is 11.8. The molecule has 4 heteroatoms. The molecule has 0 saturated carbocycles. The molecule has 0 bridgehead atoms. The van der Waals surface area contributed by atoms with Gasteiger partial charge in [0.1, 0.15) is 11.7 Å². The van der Waals surface area contributed by atoms with Gasteiger partial charge in [0.25, 0.3) is 0 Å². The van der Waals surface area contributed by atoms with Crippen LogP contribution in [0.4, 0.5) is 0 Å². The Morgan fingerprint density at radius 1 is 1.24 bits per heavy atom. The second-order valence-electron chi connectivity index (χ2n) is 4.68. The fourth-order valence-corrected chi connectivity index (χ4v) is 2.41. The van der Waals surface area contributed by atoms with E-state index in [-0.39, 0.29) is 5.78 Å². The molecule has 0 N–H and O–H groups in total. The molecule has 3 nitrogen and oxygen atoms in total. The third kappa shape index (κ3) is 3.32. The number of carbonyl (C=O) groups is 1. The van der Waals surface area contributed by atoms with Crippen molar-refractivity contribution in [1.29, 1.82) is 5.26 Å². The van der Waals surface area contributed by atoms with Gasteiger partial charge in [0.15, 0.2) is 5.78 Å². The van der Waals surface area contributed by atoms with E-state index in [0.717, 1.165) is 10.0 Å². The lowest BCUT2D eigenvalue weighted by Crippen LogP contribution is -2.12. The molecular formula is C17H14BrNO2. The Balaban J connectivity index is 2.42. The monoisotopic (exact) mass is 343 g/mol. The lowest BCUT2D eigenvalue weighted by molar-refractivity contribution is 0.0976. The van der Waals surface area contributed by atoms with Crippen LogP contribution in [0.3, 0.4) is 0 Å². The number of ether oxygens (including phenoxy) is 1. The zero-order chi connectivity index (χ0) is 15.4. The van der Waals surface area contributed by atoms with E-state index >= 15 is 0 Å². The lowest BCUT2D eigenvalue weighted by Gasteiger charge is -2.12. The van der Waals surface area contributed by atoms with Gasteiger partial charge >= 0.3 is 0 Å². The maximum Gasteiger partial charge on any atom is 0.188 e. The summed E-state index contributed by atoms with van der Waals surface area (Å²) < 4.78 is 6.06. The highest BCUT2D eigenvalue weighted by molar-refractivity contribution is 9.10. The number of aryl methyl sites for hydroxylation is 1. The molecule has 0 fully saturated rings. The third-order valence-electron chi connectivity index (χ3n) is 3.23. The smallest absolute Gasteiger partial charge is 0.188 e. The molecule has 0 amide bonds. The number of methoxy groups -OCH3 is 1. The maximum absolute atomic E-state index is 12.6. The van der Waals surface area contributed by atoms with Crippen molar-refractivity contribution in [3.05, 3.63) is 63.6 Å². The van der Waals surface area contributed by atoms with Crippen molar-refractivity contribution in [3.63, 3.8) is 0 Å². The van der Waals surface area contributed by atoms with Crippen molar-refractivity contribution in [1.82, 2.24) is 0 Å². The molecule has 0 aromatic heterocycles. The minimum atomic E-state index is -0.833. The molecule has 0 saturated heterocycles. The lowest BCUT2D eigenvalue weighted by atomic mass is 9.91. The molecule has 0 aliphatic carbocycles. The van der Waals surface area contributed by atoms with Crippen LogP contribution in [-0.4, -0.2) is 12.9 Å². The van der Waals surface area contributed by atoms with Crippen molar-refractivity contribution in [2.75, 3.05) is 7.11 Å². The molecule has 0 aliphatic rings. The fourth-order valence-electron chi connectivity index (χ4n) is 2.07. The van der Waals surface area contributed by atoms with E-state index in [1.807, 2.05) is 31.2 Å². The van der Waals surface area contributed by atoms with Gasteiger partial charge < -0.3 is 4.74 Å². The van der Waals surface area contributed by atoms with Crippen LogP contribution in [0, 0.1) is 18.3 Å². The van der Waals surface area contributed by atoms with Crippen LogP contribution < -0.4 is 4.74 Å². The van der Waals surface area contributed by atoms with E-state index in [2.05, 4.69) is 22.0 Å². The Kier molecular flexibility index (Phi) is 4.77. The zero-order valence-corrected chi connectivity index (χ0v) is 13.3. The molecule has 21 heavy (non-hydrogen) atoms. The van der Waals surface area contributed by atoms with Gasteiger partial charge in [0.2, 0.25) is 0 Å². The summed E-state index contributed by atoms with van der Waals surface area (Å²) in [6.07, 6.45) is 0. The van der Waals surface area contributed by atoms with Gasteiger partial charge in [-0.05, 0) is 30.7 Å². The average molecular weight is 344 g/mol. The number of rotatable bonds is 4. The Bertz CT molecular complexity index is 702. The van der Waals surface area contributed by atoms with Crippen LogP contribution in [0.1, 0.15) is 27.4 Å². The number of carbonyl (C=O) groups excluding carboxylic acids is 1. The molecule has 1 atom stereocenters. The highest BCUT2D eigenvalue weighted by atomic mass is 79.9. The van der Waals surface area contributed by atoms with E-state index in [9.17, 15) is 10.1 Å². The number of hydrogen-bond donors (Lipinski definition) is 0. The Morgan fingerprint density at radius 3 is 2.48 bits per heavy atom. The second kappa shape index (κ2) is 6.55. The van der Waals surface area contributed by atoms with Crippen molar-refractivity contribution < 1.29 is 9.53 Å². The van der Waals surface area contributed by atoms with E-state index < -0.39 is 5.92 Å². The van der Waals surface area contributed by atoms with Crippen LogP contribution in [0.15, 0.2) is 46.9 Å². The van der Waals surface area contributed by atoms with Crippen molar-refractivity contribution in [2.24, 2.45) is 0 Å². The summed E-state index contributed by atoms with van der Waals surface area (Å²) in [7, 11) is 1.51. The molecular weight excluding hydrogens is 330 g/mol. The van der Waals surface area contributed by atoms with Gasteiger partial charge in [-0.15, -0.1) is 0 Å². The SMILES string of the molecule is COc1cc(Br)ccc1C(=O)C(C#N)c1ccc(C)cc1. The second-order valence-corrected chi connectivity index (χ2v) is 5.60. The van der Waals surface area contributed by atoms with Crippen molar-refractivity contribution in [2.45, 2.75) is 12.8 Å². The van der Waals surface area contributed by atoms with E-state index in [0.29, 0.717) is 16.9 Å². The first-order chi connectivity index (χ1) is 10.1. The number of nitrogens with zero attached hydrogens (tertiary/aromatic N) is 1. The van der Waals surface area contributed by atoms with Gasteiger partial charge in [-0.3, -0.25) is 4.79 Å². The average Bonchev–Trinajstić information content (AvgIpc) is 2.49. The number of nitriles is 1. The largest absolute Gasteiger partial charge is 0.496 e. The standard InChI is InChI=1S/C17H14BrNO2/c1-11-3-5-12(6-4-11)15(10-19)17(20)14-8-7-13(18)9-16(14)21-2/h3-9,15H,1-2H3. The first-order valence-electron chi connectivity index (χ1n) is 6.40. The predicted octanol–water partition coefficient (Wildman–Crippen LogP) is 4.26. The normalized spacial score (nSPS) is 11.5. The Labute approximate surface area is 132 Å². The van der Waals surface area contributed by atoms with E-state index in [4.69, 9.17) is 4.74 Å². The van der Waals surface area contributed by atoms with E-state index in [1.165, 1.54) is 7.11 Å². The molecule has 0 heterocycles. The topological polar surface area (TPSA) is 50.1 Å². The van der Waals surface area contributed by atoms with Crippen LogP contribution in [0.2, 0.25) is 0 Å². The van der Waals surface area contributed by atoms with Crippen molar-refractivity contribution in [3.8, 4) is 11.8 Å². The summed E-state index contributed by atoms with van der Waals surface area (Å²) in [5.74, 6) is -0.631. The first-order valence-corrected chi connectivity index (χ1v) is 7.20. The van der Waals surface area contributed by atoms with Crippen molar-refractivity contribution >= 4 is 21.7 Å². The first kappa shape index (κ1) is 15.3. The summed E-state index contributed by atoms with van der Waals surface area (Å²) in [4.78, 5) is 12.6. The maximum atomic E-state index is 12.6. The Morgan fingerprint density at radius 2 is 1.90 bits per heavy atom. The number of ketones is 1. The summed E-state index contributed by atoms with van der Waals surface area (Å²) in [5.41, 5.74) is 2.19. The van der Waals surface area contributed by atoms with Crippen LogP contribution >= 0.6 is 15.9 Å².